The molecule has 1 aromatic carbocycles. The van der Waals surface area contributed by atoms with Gasteiger partial charge in [-0.3, -0.25) is 4.68 Å². The van der Waals surface area contributed by atoms with E-state index in [1.165, 1.54) is 12.1 Å². The summed E-state index contributed by atoms with van der Waals surface area (Å²) in [7, 11) is 0. The molecular weight excluding hydrogens is 217 g/mol. The first-order valence-corrected chi connectivity index (χ1v) is 5.71. The van der Waals surface area contributed by atoms with Crippen molar-refractivity contribution >= 4 is 5.82 Å². The standard InChI is InChI=1S/C13H16FN3/c1-3-17-9-10(2)13(16-17)15-8-11-4-6-12(14)7-5-11/h4-7,9H,3,8H2,1-2H3,(H,15,16). The van der Waals surface area contributed by atoms with Gasteiger partial charge in [0.05, 0.1) is 0 Å². The van der Waals surface area contributed by atoms with Gasteiger partial charge in [-0.15, -0.1) is 0 Å². The topological polar surface area (TPSA) is 29.9 Å². The monoisotopic (exact) mass is 233 g/mol. The molecule has 0 unspecified atom stereocenters. The summed E-state index contributed by atoms with van der Waals surface area (Å²) in [5.74, 6) is 0.677. The smallest absolute Gasteiger partial charge is 0.151 e. The molecule has 0 atom stereocenters. The minimum absolute atomic E-state index is 0.208. The van der Waals surface area contributed by atoms with Gasteiger partial charge >= 0.3 is 0 Å². The molecular formula is C13H16FN3. The summed E-state index contributed by atoms with van der Waals surface area (Å²) in [5, 5.41) is 7.64. The molecule has 4 heteroatoms. The Hall–Kier alpha value is -1.84. The van der Waals surface area contributed by atoms with E-state index in [1.54, 1.807) is 12.1 Å². The number of rotatable bonds is 4. The van der Waals surface area contributed by atoms with Crippen molar-refractivity contribution in [3.8, 4) is 0 Å². The lowest BCUT2D eigenvalue weighted by atomic mass is 10.2. The number of hydrogen-bond donors (Lipinski definition) is 1. The van der Waals surface area contributed by atoms with Crippen LogP contribution in [0.2, 0.25) is 0 Å². The van der Waals surface area contributed by atoms with Crippen LogP contribution in [0.15, 0.2) is 30.5 Å². The van der Waals surface area contributed by atoms with Crippen LogP contribution in [0, 0.1) is 12.7 Å². The van der Waals surface area contributed by atoms with Gasteiger partial charge in [0.25, 0.3) is 0 Å². The average Bonchev–Trinajstić information content (AvgIpc) is 2.69. The van der Waals surface area contributed by atoms with E-state index in [4.69, 9.17) is 0 Å². The third-order valence-corrected chi connectivity index (χ3v) is 2.64. The largest absolute Gasteiger partial charge is 0.364 e. The third-order valence-electron chi connectivity index (χ3n) is 2.64. The Kier molecular flexibility index (Phi) is 3.42. The molecule has 90 valence electrons. The summed E-state index contributed by atoms with van der Waals surface area (Å²) < 4.78 is 14.6. The molecule has 2 aromatic rings. The quantitative estimate of drug-likeness (QED) is 0.879. The normalized spacial score (nSPS) is 10.5. The Morgan fingerprint density at radius 1 is 1.29 bits per heavy atom. The Balaban J connectivity index is 2.01. The molecule has 1 heterocycles. The van der Waals surface area contributed by atoms with Crippen molar-refractivity contribution in [1.29, 1.82) is 0 Å². The number of halogens is 1. The molecule has 2 rings (SSSR count). The van der Waals surface area contributed by atoms with Crippen molar-refractivity contribution in [2.24, 2.45) is 0 Å². The van der Waals surface area contributed by atoms with E-state index >= 15 is 0 Å². The minimum Gasteiger partial charge on any atom is -0.364 e. The SMILES string of the molecule is CCn1cc(C)c(NCc2ccc(F)cc2)n1. The summed E-state index contributed by atoms with van der Waals surface area (Å²) in [4.78, 5) is 0. The van der Waals surface area contributed by atoms with Crippen LogP contribution < -0.4 is 5.32 Å². The van der Waals surface area contributed by atoms with Crippen molar-refractivity contribution in [1.82, 2.24) is 9.78 Å². The van der Waals surface area contributed by atoms with Crippen molar-refractivity contribution in [3.63, 3.8) is 0 Å². The van der Waals surface area contributed by atoms with Crippen molar-refractivity contribution < 1.29 is 4.39 Å². The Morgan fingerprint density at radius 3 is 2.59 bits per heavy atom. The summed E-state index contributed by atoms with van der Waals surface area (Å²) in [6, 6.07) is 6.48. The molecule has 1 N–H and O–H groups in total. The fraction of sp³-hybridized carbons (Fsp3) is 0.308. The van der Waals surface area contributed by atoms with Crippen molar-refractivity contribution in [2.45, 2.75) is 26.9 Å². The molecule has 0 amide bonds. The average molecular weight is 233 g/mol. The van der Waals surface area contributed by atoms with Gasteiger partial charge < -0.3 is 5.32 Å². The first-order valence-electron chi connectivity index (χ1n) is 5.71. The lowest BCUT2D eigenvalue weighted by Gasteiger charge is -2.04. The van der Waals surface area contributed by atoms with Gasteiger partial charge in [-0.2, -0.15) is 5.10 Å². The maximum absolute atomic E-state index is 12.7. The molecule has 0 spiro atoms. The highest BCUT2D eigenvalue weighted by Crippen LogP contribution is 2.13. The van der Waals surface area contributed by atoms with Crippen LogP contribution in [-0.4, -0.2) is 9.78 Å². The minimum atomic E-state index is -0.208. The maximum atomic E-state index is 12.7. The van der Waals surface area contributed by atoms with E-state index < -0.39 is 0 Å². The van der Waals surface area contributed by atoms with E-state index in [1.807, 2.05) is 17.8 Å². The molecule has 0 aliphatic rings. The van der Waals surface area contributed by atoms with Gasteiger partial charge in [0.2, 0.25) is 0 Å². The summed E-state index contributed by atoms with van der Waals surface area (Å²) >= 11 is 0. The number of aryl methyl sites for hydroxylation is 2. The van der Waals surface area contributed by atoms with E-state index in [2.05, 4.69) is 17.3 Å². The van der Waals surface area contributed by atoms with E-state index in [0.29, 0.717) is 6.54 Å². The first-order chi connectivity index (χ1) is 8.19. The van der Waals surface area contributed by atoms with E-state index in [0.717, 1.165) is 23.5 Å². The van der Waals surface area contributed by atoms with Gasteiger partial charge in [0.15, 0.2) is 5.82 Å². The van der Waals surface area contributed by atoms with Gasteiger partial charge in [-0.25, -0.2) is 4.39 Å². The number of nitrogens with zero attached hydrogens (tertiary/aromatic N) is 2. The number of anilines is 1. The highest BCUT2D eigenvalue weighted by atomic mass is 19.1. The highest BCUT2D eigenvalue weighted by Gasteiger charge is 2.03. The first kappa shape index (κ1) is 11.6. The molecule has 3 nitrogen and oxygen atoms in total. The summed E-state index contributed by atoms with van der Waals surface area (Å²) in [6.07, 6.45) is 2.01. The number of benzene rings is 1. The lowest BCUT2D eigenvalue weighted by molar-refractivity contribution is 0.627. The summed E-state index contributed by atoms with van der Waals surface area (Å²) in [5.41, 5.74) is 2.16. The second kappa shape index (κ2) is 4.99. The number of nitrogens with one attached hydrogen (secondary N) is 1. The molecule has 17 heavy (non-hydrogen) atoms. The fourth-order valence-corrected chi connectivity index (χ4v) is 1.65. The van der Waals surface area contributed by atoms with E-state index in [9.17, 15) is 4.39 Å². The predicted molar refractivity (Wildman–Crippen MR) is 66.4 cm³/mol. The molecule has 1 aromatic heterocycles. The van der Waals surface area contributed by atoms with Crippen LogP contribution in [0.25, 0.3) is 0 Å². The maximum Gasteiger partial charge on any atom is 0.151 e. The Labute approximate surface area is 100 Å². The third kappa shape index (κ3) is 2.84. The number of hydrogen-bond acceptors (Lipinski definition) is 2. The Bertz CT molecular complexity index is 488. The fourth-order valence-electron chi connectivity index (χ4n) is 1.65. The molecule has 0 bridgehead atoms. The lowest BCUT2D eigenvalue weighted by Crippen LogP contribution is -2.02. The zero-order valence-electron chi connectivity index (χ0n) is 10.1. The Morgan fingerprint density at radius 2 is 2.00 bits per heavy atom. The van der Waals surface area contributed by atoms with Crippen LogP contribution in [0.4, 0.5) is 10.2 Å². The molecule has 0 saturated carbocycles. The highest BCUT2D eigenvalue weighted by molar-refractivity contribution is 5.42. The number of aromatic nitrogens is 2. The van der Waals surface area contributed by atoms with Crippen LogP contribution in [0.1, 0.15) is 18.1 Å². The zero-order chi connectivity index (χ0) is 12.3. The van der Waals surface area contributed by atoms with Crippen LogP contribution >= 0.6 is 0 Å². The zero-order valence-corrected chi connectivity index (χ0v) is 10.1. The van der Waals surface area contributed by atoms with Crippen molar-refractivity contribution in [2.75, 3.05) is 5.32 Å². The second-order valence-electron chi connectivity index (χ2n) is 4.00. The van der Waals surface area contributed by atoms with Gasteiger partial charge in [0, 0.05) is 24.8 Å². The van der Waals surface area contributed by atoms with Gasteiger partial charge in [0.1, 0.15) is 5.82 Å². The molecule has 0 aliphatic heterocycles. The van der Waals surface area contributed by atoms with Gasteiger partial charge in [-0.05, 0) is 31.5 Å². The molecule has 0 saturated heterocycles. The van der Waals surface area contributed by atoms with Crippen LogP contribution in [0.5, 0.6) is 0 Å². The second-order valence-corrected chi connectivity index (χ2v) is 4.00. The van der Waals surface area contributed by atoms with Crippen LogP contribution in [-0.2, 0) is 13.1 Å². The van der Waals surface area contributed by atoms with Gasteiger partial charge in [-0.1, -0.05) is 12.1 Å². The van der Waals surface area contributed by atoms with E-state index in [-0.39, 0.29) is 5.82 Å². The molecule has 0 fully saturated rings. The van der Waals surface area contributed by atoms with Crippen molar-refractivity contribution in [3.05, 3.63) is 47.4 Å². The molecule has 0 aliphatic carbocycles. The summed E-state index contributed by atoms with van der Waals surface area (Å²) in [6.45, 7) is 5.59. The predicted octanol–water partition coefficient (Wildman–Crippen LogP) is 2.96. The van der Waals surface area contributed by atoms with Crippen LogP contribution in [0.3, 0.4) is 0 Å². The molecule has 0 radical (unpaired) electrons.